The average Bonchev–Trinajstić information content (AvgIpc) is 3.21. The van der Waals surface area contributed by atoms with E-state index in [2.05, 4.69) is 26.6 Å². The standard InChI is InChI=1S/C28H30BrN3O4S2/c29-22-10-15-26(36-19-16-21-8-4-3-5-9-21)25(20-22)27(33)31-28(37)30-23-11-13-24(14-12-23)38(34,35)32-17-6-1-2-7-18-32/h3-5,8-15,20H,1-2,6-7,16-19H2,(H2,30,31,33,37). The molecule has 7 nitrogen and oxygen atoms in total. The second-order valence-corrected chi connectivity index (χ2v) is 12.2. The molecule has 0 radical (unpaired) electrons. The number of carbonyl (C=O) groups is 1. The highest BCUT2D eigenvalue weighted by Crippen LogP contribution is 2.24. The lowest BCUT2D eigenvalue weighted by Crippen LogP contribution is -2.34. The van der Waals surface area contributed by atoms with Crippen molar-refractivity contribution in [3.05, 3.63) is 88.4 Å². The summed E-state index contributed by atoms with van der Waals surface area (Å²) in [6.07, 6.45) is 4.58. The van der Waals surface area contributed by atoms with Crippen molar-refractivity contribution in [2.24, 2.45) is 0 Å². The summed E-state index contributed by atoms with van der Waals surface area (Å²) in [4.78, 5) is 13.3. The van der Waals surface area contributed by atoms with Crippen LogP contribution in [-0.4, -0.2) is 43.4 Å². The number of sulfonamides is 1. The van der Waals surface area contributed by atoms with E-state index in [0.29, 0.717) is 43.1 Å². The van der Waals surface area contributed by atoms with Crippen molar-refractivity contribution in [3.8, 4) is 5.75 Å². The largest absolute Gasteiger partial charge is 0.492 e. The summed E-state index contributed by atoms with van der Waals surface area (Å²) >= 11 is 8.75. The third-order valence-electron chi connectivity index (χ3n) is 6.22. The summed E-state index contributed by atoms with van der Waals surface area (Å²) in [6, 6.07) is 21.6. The predicted molar refractivity (Wildman–Crippen MR) is 157 cm³/mol. The molecule has 200 valence electrons. The van der Waals surface area contributed by atoms with E-state index in [4.69, 9.17) is 17.0 Å². The van der Waals surface area contributed by atoms with Gasteiger partial charge >= 0.3 is 0 Å². The van der Waals surface area contributed by atoms with Crippen LogP contribution < -0.4 is 15.4 Å². The number of carbonyl (C=O) groups excluding carboxylic acids is 1. The lowest BCUT2D eigenvalue weighted by molar-refractivity contribution is 0.0973. The fraction of sp³-hybridized carbons (Fsp3) is 0.286. The first-order valence-electron chi connectivity index (χ1n) is 12.5. The monoisotopic (exact) mass is 615 g/mol. The highest BCUT2D eigenvalue weighted by molar-refractivity contribution is 9.10. The Morgan fingerprint density at radius 1 is 0.947 bits per heavy atom. The zero-order valence-corrected chi connectivity index (χ0v) is 24.1. The number of amides is 1. The molecule has 1 aliphatic heterocycles. The number of hydrogen-bond donors (Lipinski definition) is 2. The van der Waals surface area contributed by atoms with Gasteiger partial charge in [0.15, 0.2) is 5.11 Å². The van der Waals surface area contributed by atoms with Crippen LogP contribution in [0.1, 0.15) is 41.6 Å². The van der Waals surface area contributed by atoms with Gasteiger partial charge in [-0.05, 0) is 73.1 Å². The minimum Gasteiger partial charge on any atom is -0.492 e. The minimum atomic E-state index is -3.54. The molecule has 38 heavy (non-hydrogen) atoms. The Labute approximate surface area is 237 Å². The molecule has 0 unspecified atom stereocenters. The second-order valence-electron chi connectivity index (χ2n) is 8.98. The number of nitrogens with one attached hydrogen (secondary N) is 2. The van der Waals surface area contributed by atoms with Gasteiger partial charge in [-0.1, -0.05) is 59.1 Å². The molecule has 4 rings (SSSR count). The number of hydrogen-bond acceptors (Lipinski definition) is 5. The van der Waals surface area contributed by atoms with E-state index in [9.17, 15) is 13.2 Å². The van der Waals surface area contributed by atoms with Crippen LogP contribution in [0.2, 0.25) is 0 Å². The van der Waals surface area contributed by atoms with E-state index in [0.717, 1.165) is 35.7 Å². The molecule has 1 saturated heterocycles. The topological polar surface area (TPSA) is 87.7 Å². The summed E-state index contributed by atoms with van der Waals surface area (Å²) in [5, 5.41) is 5.72. The molecule has 3 aromatic carbocycles. The summed E-state index contributed by atoms with van der Waals surface area (Å²) in [7, 11) is -3.54. The summed E-state index contributed by atoms with van der Waals surface area (Å²) < 4.78 is 34.2. The molecule has 0 atom stereocenters. The maximum atomic E-state index is 13.0. The van der Waals surface area contributed by atoms with E-state index in [1.54, 1.807) is 40.7 Å². The zero-order chi connectivity index (χ0) is 27.0. The minimum absolute atomic E-state index is 0.0911. The molecule has 0 saturated carbocycles. The molecular formula is C28H30BrN3O4S2. The SMILES string of the molecule is O=C(NC(=S)Nc1ccc(S(=O)(=O)N2CCCCCC2)cc1)c1cc(Br)ccc1OCCc1ccccc1. The number of rotatable bonds is 8. The Kier molecular flexibility index (Phi) is 9.90. The van der Waals surface area contributed by atoms with Gasteiger partial charge in [0.1, 0.15) is 5.75 Å². The van der Waals surface area contributed by atoms with Gasteiger partial charge in [0.25, 0.3) is 5.91 Å². The number of nitrogens with zero attached hydrogens (tertiary/aromatic N) is 1. The molecule has 0 spiro atoms. The van der Waals surface area contributed by atoms with Crippen LogP contribution in [0.25, 0.3) is 0 Å². The molecule has 2 N–H and O–H groups in total. The van der Waals surface area contributed by atoms with Gasteiger partial charge in [-0.3, -0.25) is 10.1 Å². The van der Waals surface area contributed by atoms with Crippen LogP contribution in [0.15, 0.2) is 82.2 Å². The van der Waals surface area contributed by atoms with Crippen LogP contribution in [0, 0.1) is 0 Å². The van der Waals surface area contributed by atoms with Crippen molar-refractivity contribution in [2.45, 2.75) is 37.0 Å². The maximum Gasteiger partial charge on any atom is 0.261 e. The number of anilines is 1. The lowest BCUT2D eigenvalue weighted by atomic mass is 10.1. The van der Waals surface area contributed by atoms with Gasteiger partial charge in [-0.15, -0.1) is 0 Å². The third kappa shape index (κ3) is 7.63. The van der Waals surface area contributed by atoms with Gasteiger partial charge in [0, 0.05) is 29.7 Å². The Morgan fingerprint density at radius 2 is 1.63 bits per heavy atom. The van der Waals surface area contributed by atoms with E-state index < -0.39 is 15.9 Å². The van der Waals surface area contributed by atoms with Crippen LogP contribution in [0.5, 0.6) is 5.75 Å². The number of benzene rings is 3. The van der Waals surface area contributed by atoms with Crippen LogP contribution in [-0.2, 0) is 16.4 Å². The maximum absolute atomic E-state index is 13.0. The molecule has 1 heterocycles. The van der Waals surface area contributed by atoms with Crippen molar-refractivity contribution >= 4 is 54.9 Å². The van der Waals surface area contributed by atoms with E-state index >= 15 is 0 Å². The van der Waals surface area contributed by atoms with E-state index in [1.165, 1.54) is 0 Å². The second kappa shape index (κ2) is 13.3. The fourth-order valence-corrected chi connectivity index (χ4v) is 6.29. The molecular weight excluding hydrogens is 586 g/mol. The smallest absolute Gasteiger partial charge is 0.261 e. The normalized spacial score (nSPS) is 14.3. The number of thiocarbonyl (C=S) groups is 1. The molecule has 1 aliphatic rings. The van der Waals surface area contributed by atoms with Crippen molar-refractivity contribution < 1.29 is 17.9 Å². The van der Waals surface area contributed by atoms with Gasteiger partial charge < -0.3 is 10.1 Å². The van der Waals surface area contributed by atoms with Gasteiger partial charge in [0.05, 0.1) is 17.1 Å². The summed E-state index contributed by atoms with van der Waals surface area (Å²) in [5.41, 5.74) is 2.06. The quantitative estimate of drug-likeness (QED) is 0.313. The highest BCUT2D eigenvalue weighted by atomic mass is 79.9. The lowest BCUT2D eigenvalue weighted by Gasteiger charge is -2.20. The third-order valence-corrected chi connectivity index (χ3v) is 8.83. The van der Waals surface area contributed by atoms with Crippen molar-refractivity contribution in [1.29, 1.82) is 0 Å². The van der Waals surface area contributed by atoms with Crippen LogP contribution in [0.3, 0.4) is 0 Å². The average molecular weight is 617 g/mol. The summed E-state index contributed by atoms with van der Waals surface area (Å²) in [5.74, 6) is 0.0337. The van der Waals surface area contributed by atoms with Gasteiger partial charge in [0.2, 0.25) is 10.0 Å². The zero-order valence-electron chi connectivity index (χ0n) is 20.9. The molecule has 1 amide bonds. The Morgan fingerprint density at radius 3 is 2.32 bits per heavy atom. The molecule has 10 heteroatoms. The molecule has 0 aromatic heterocycles. The predicted octanol–water partition coefficient (Wildman–Crippen LogP) is 5.76. The van der Waals surface area contributed by atoms with Crippen LogP contribution >= 0.6 is 28.1 Å². The van der Waals surface area contributed by atoms with E-state index in [1.807, 2.05) is 36.4 Å². The van der Waals surface area contributed by atoms with Crippen LogP contribution in [0.4, 0.5) is 5.69 Å². The molecule has 3 aromatic rings. The highest BCUT2D eigenvalue weighted by Gasteiger charge is 2.25. The number of halogens is 1. The van der Waals surface area contributed by atoms with Crippen molar-refractivity contribution in [3.63, 3.8) is 0 Å². The first-order chi connectivity index (χ1) is 18.3. The first-order valence-corrected chi connectivity index (χ1v) is 15.2. The molecule has 0 bridgehead atoms. The molecule has 0 aliphatic carbocycles. The Bertz CT molecular complexity index is 1360. The Hall–Kier alpha value is -2.79. The molecule has 1 fully saturated rings. The van der Waals surface area contributed by atoms with Gasteiger partial charge in [-0.25, -0.2) is 8.42 Å². The first kappa shape index (κ1) is 28.2. The fourth-order valence-electron chi connectivity index (χ4n) is 4.20. The Balaban J connectivity index is 1.36. The van der Waals surface area contributed by atoms with Crippen molar-refractivity contribution in [1.82, 2.24) is 9.62 Å². The van der Waals surface area contributed by atoms with E-state index in [-0.39, 0.29) is 10.0 Å². The van der Waals surface area contributed by atoms with Gasteiger partial charge in [-0.2, -0.15) is 4.31 Å². The summed E-state index contributed by atoms with van der Waals surface area (Å²) in [6.45, 7) is 1.51. The number of ether oxygens (including phenoxy) is 1. The van der Waals surface area contributed by atoms with Crippen molar-refractivity contribution in [2.75, 3.05) is 25.0 Å².